The van der Waals surface area contributed by atoms with Crippen LogP contribution in [-0.4, -0.2) is 43.4 Å². The molecule has 134 valence electrons. The number of imidazole rings is 1. The third kappa shape index (κ3) is 3.07. The smallest absolute Gasteiger partial charge is 0.253 e. The fourth-order valence-corrected chi connectivity index (χ4v) is 3.69. The SMILES string of the molecule is CC(C)Cn1c(C2CCN(C(=O)c3ccncc3)C2)nc2ccncc21. The first-order valence-electron chi connectivity index (χ1n) is 9.13. The first-order valence-corrected chi connectivity index (χ1v) is 9.13. The van der Waals surface area contributed by atoms with Gasteiger partial charge in [-0.05, 0) is 30.5 Å². The Bertz CT molecular complexity index is 918. The lowest BCUT2D eigenvalue weighted by Gasteiger charge is -2.18. The lowest BCUT2D eigenvalue weighted by Crippen LogP contribution is -2.28. The molecule has 0 bridgehead atoms. The van der Waals surface area contributed by atoms with Crippen LogP contribution in [0.2, 0.25) is 0 Å². The first kappa shape index (κ1) is 16.7. The van der Waals surface area contributed by atoms with E-state index in [0.717, 1.165) is 36.4 Å². The van der Waals surface area contributed by atoms with Gasteiger partial charge in [0, 0.05) is 49.7 Å². The van der Waals surface area contributed by atoms with Crippen LogP contribution in [0.1, 0.15) is 42.4 Å². The van der Waals surface area contributed by atoms with Crippen LogP contribution in [-0.2, 0) is 6.54 Å². The summed E-state index contributed by atoms with van der Waals surface area (Å²) < 4.78 is 2.29. The Morgan fingerprint density at radius 1 is 1.19 bits per heavy atom. The number of hydrogen-bond acceptors (Lipinski definition) is 4. The summed E-state index contributed by atoms with van der Waals surface area (Å²) in [6, 6.07) is 5.51. The van der Waals surface area contributed by atoms with E-state index in [1.54, 1.807) is 30.7 Å². The van der Waals surface area contributed by atoms with Crippen LogP contribution in [0.15, 0.2) is 43.0 Å². The van der Waals surface area contributed by atoms with Crippen molar-refractivity contribution in [2.24, 2.45) is 5.92 Å². The Hall–Kier alpha value is -2.76. The van der Waals surface area contributed by atoms with E-state index in [0.29, 0.717) is 18.0 Å². The molecule has 0 N–H and O–H groups in total. The summed E-state index contributed by atoms with van der Waals surface area (Å²) in [6.45, 7) is 6.79. The quantitative estimate of drug-likeness (QED) is 0.726. The number of carbonyl (C=O) groups is 1. The molecule has 6 heteroatoms. The van der Waals surface area contributed by atoms with Gasteiger partial charge in [0.05, 0.1) is 17.2 Å². The normalized spacial score (nSPS) is 17.3. The lowest BCUT2D eigenvalue weighted by molar-refractivity contribution is 0.0790. The van der Waals surface area contributed by atoms with E-state index in [-0.39, 0.29) is 11.8 Å². The molecule has 4 rings (SSSR count). The highest BCUT2D eigenvalue weighted by Crippen LogP contribution is 2.30. The van der Waals surface area contributed by atoms with Crippen LogP contribution < -0.4 is 0 Å². The number of hydrogen-bond donors (Lipinski definition) is 0. The van der Waals surface area contributed by atoms with Crippen molar-refractivity contribution in [3.05, 3.63) is 54.4 Å². The molecule has 0 spiro atoms. The zero-order valence-corrected chi connectivity index (χ0v) is 15.2. The van der Waals surface area contributed by atoms with Gasteiger partial charge in [0.1, 0.15) is 5.82 Å². The Morgan fingerprint density at radius 3 is 2.73 bits per heavy atom. The molecule has 0 aromatic carbocycles. The Kier molecular flexibility index (Phi) is 4.41. The van der Waals surface area contributed by atoms with Gasteiger partial charge in [-0.3, -0.25) is 14.8 Å². The van der Waals surface area contributed by atoms with Crippen molar-refractivity contribution in [3.63, 3.8) is 0 Å². The number of fused-ring (bicyclic) bond motifs is 1. The second kappa shape index (κ2) is 6.86. The minimum absolute atomic E-state index is 0.0723. The van der Waals surface area contributed by atoms with Crippen molar-refractivity contribution >= 4 is 16.9 Å². The summed E-state index contributed by atoms with van der Waals surface area (Å²) in [7, 11) is 0. The minimum atomic E-state index is 0.0723. The van der Waals surface area contributed by atoms with E-state index in [1.807, 2.05) is 17.2 Å². The minimum Gasteiger partial charge on any atom is -0.338 e. The fourth-order valence-electron chi connectivity index (χ4n) is 3.69. The highest BCUT2D eigenvalue weighted by atomic mass is 16.2. The van der Waals surface area contributed by atoms with E-state index < -0.39 is 0 Å². The van der Waals surface area contributed by atoms with Gasteiger partial charge >= 0.3 is 0 Å². The van der Waals surface area contributed by atoms with Gasteiger partial charge in [0.2, 0.25) is 0 Å². The van der Waals surface area contributed by atoms with E-state index in [1.165, 1.54) is 0 Å². The van der Waals surface area contributed by atoms with Crippen LogP contribution in [0, 0.1) is 5.92 Å². The van der Waals surface area contributed by atoms with Crippen LogP contribution in [0.25, 0.3) is 11.0 Å². The highest BCUT2D eigenvalue weighted by Gasteiger charge is 2.31. The molecule has 3 aromatic rings. The molecule has 0 aliphatic carbocycles. The predicted molar refractivity (Wildman–Crippen MR) is 99.9 cm³/mol. The van der Waals surface area contributed by atoms with Gasteiger partial charge in [-0.25, -0.2) is 4.98 Å². The van der Waals surface area contributed by atoms with Crippen molar-refractivity contribution in [2.45, 2.75) is 32.7 Å². The summed E-state index contributed by atoms with van der Waals surface area (Å²) >= 11 is 0. The summed E-state index contributed by atoms with van der Waals surface area (Å²) in [5, 5.41) is 0. The van der Waals surface area contributed by atoms with Crippen LogP contribution in [0.3, 0.4) is 0 Å². The molecule has 6 nitrogen and oxygen atoms in total. The molecular formula is C20H23N5O. The number of amides is 1. The largest absolute Gasteiger partial charge is 0.338 e. The third-order valence-corrected chi connectivity index (χ3v) is 4.90. The molecule has 1 aliphatic rings. The van der Waals surface area contributed by atoms with Gasteiger partial charge in [0.25, 0.3) is 5.91 Å². The molecule has 1 unspecified atom stereocenters. The Labute approximate surface area is 152 Å². The summed E-state index contributed by atoms with van der Waals surface area (Å²) in [6.07, 6.45) is 7.94. The average Bonchev–Trinajstić information content (AvgIpc) is 3.27. The topological polar surface area (TPSA) is 63.9 Å². The first-order chi connectivity index (χ1) is 12.6. The Balaban J connectivity index is 1.61. The molecule has 26 heavy (non-hydrogen) atoms. The van der Waals surface area contributed by atoms with Gasteiger partial charge < -0.3 is 9.47 Å². The van der Waals surface area contributed by atoms with Gasteiger partial charge in [-0.15, -0.1) is 0 Å². The highest BCUT2D eigenvalue weighted by molar-refractivity contribution is 5.94. The number of aromatic nitrogens is 4. The number of carbonyl (C=O) groups excluding carboxylic acids is 1. The molecule has 1 aliphatic heterocycles. The van der Waals surface area contributed by atoms with E-state index in [2.05, 4.69) is 28.4 Å². The number of nitrogens with zero attached hydrogens (tertiary/aromatic N) is 5. The van der Waals surface area contributed by atoms with E-state index in [9.17, 15) is 4.79 Å². The van der Waals surface area contributed by atoms with Crippen LogP contribution in [0.4, 0.5) is 0 Å². The zero-order valence-electron chi connectivity index (χ0n) is 15.2. The standard InChI is InChI=1S/C20H23N5O/c1-14(2)12-25-18-11-22-9-5-17(18)23-19(25)16-6-10-24(13-16)20(26)15-3-7-21-8-4-15/h3-5,7-9,11,14,16H,6,10,12-13H2,1-2H3. The maximum absolute atomic E-state index is 12.7. The molecule has 4 heterocycles. The summed E-state index contributed by atoms with van der Waals surface area (Å²) in [5.41, 5.74) is 2.75. The van der Waals surface area contributed by atoms with Crippen molar-refractivity contribution in [1.29, 1.82) is 0 Å². The fraction of sp³-hybridized carbons (Fsp3) is 0.400. The second-order valence-electron chi connectivity index (χ2n) is 7.31. The lowest BCUT2D eigenvalue weighted by atomic mass is 10.1. The van der Waals surface area contributed by atoms with Crippen molar-refractivity contribution in [2.75, 3.05) is 13.1 Å². The molecule has 1 saturated heterocycles. The molecular weight excluding hydrogens is 326 g/mol. The van der Waals surface area contributed by atoms with Crippen molar-refractivity contribution in [1.82, 2.24) is 24.4 Å². The van der Waals surface area contributed by atoms with Gasteiger partial charge in [-0.2, -0.15) is 0 Å². The summed E-state index contributed by atoms with van der Waals surface area (Å²) in [4.78, 5) is 27.8. The number of pyridine rings is 2. The van der Waals surface area contributed by atoms with Gasteiger partial charge in [-0.1, -0.05) is 13.8 Å². The van der Waals surface area contributed by atoms with Crippen molar-refractivity contribution < 1.29 is 4.79 Å². The van der Waals surface area contributed by atoms with E-state index in [4.69, 9.17) is 4.98 Å². The monoisotopic (exact) mass is 349 g/mol. The third-order valence-electron chi connectivity index (χ3n) is 4.90. The second-order valence-corrected chi connectivity index (χ2v) is 7.31. The van der Waals surface area contributed by atoms with E-state index >= 15 is 0 Å². The molecule has 1 fully saturated rings. The van der Waals surface area contributed by atoms with Gasteiger partial charge in [0.15, 0.2) is 0 Å². The molecule has 1 atom stereocenters. The number of rotatable bonds is 4. The zero-order chi connectivity index (χ0) is 18.1. The molecule has 0 radical (unpaired) electrons. The average molecular weight is 349 g/mol. The Morgan fingerprint density at radius 2 is 1.96 bits per heavy atom. The number of likely N-dealkylation sites (tertiary alicyclic amines) is 1. The molecule has 0 saturated carbocycles. The summed E-state index contributed by atoms with van der Waals surface area (Å²) in [5.74, 6) is 1.92. The maximum atomic E-state index is 12.7. The van der Waals surface area contributed by atoms with Crippen molar-refractivity contribution in [3.8, 4) is 0 Å². The predicted octanol–water partition coefficient (Wildman–Crippen LogP) is 3.11. The molecule has 1 amide bonds. The van der Waals surface area contributed by atoms with Crippen LogP contribution >= 0.6 is 0 Å². The van der Waals surface area contributed by atoms with Crippen LogP contribution in [0.5, 0.6) is 0 Å². The maximum Gasteiger partial charge on any atom is 0.253 e. The molecule has 3 aromatic heterocycles.